The van der Waals surface area contributed by atoms with Gasteiger partial charge in [-0.3, -0.25) is 9.69 Å². The molecule has 1 unspecified atom stereocenters. The molecule has 0 bridgehead atoms. The Morgan fingerprint density at radius 2 is 1.45 bits per heavy atom. The van der Waals surface area contributed by atoms with E-state index in [1.165, 1.54) is 11.1 Å². The molecule has 0 aliphatic carbocycles. The number of hydrogen-bond acceptors (Lipinski definition) is 3. The molecule has 0 N–H and O–H groups in total. The Labute approximate surface area is 183 Å². The summed E-state index contributed by atoms with van der Waals surface area (Å²) in [7, 11) is 0. The minimum Gasteiger partial charge on any atom is -0.457 e. The van der Waals surface area contributed by atoms with Gasteiger partial charge in [-0.2, -0.15) is 0 Å². The molecule has 4 nitrogen and oxygen atoms in total. The van der Waals surface area contributed by atoms with Gasteiger partial charge in [0.05, 0.1) is 5.92 Å². The maximum absolute atomic E-state index is 13.8. The monoisotopic (exact) mass is 410 g/mol. The number of likely N-dealkylation sites (tertiary alicyclic amines) is 1. The zero-order valence-corrected chi connectivity index (χ0v) is 17.5. The second-order valence-electron chi connectivity index (χ2n) is 8.83. The number of ether oxygens (including phenoxy) is 1. The summed E-state index contributed by atoms with van der Waals surface area (Å²) in [5.41, 5.74) is 4.86. The molecule has 31 heavy (non-hydrogen) atoms. The van der Waals surface area contributed by atoms with Crippen LogP contribution in [-0.4, -0.2) is 41.4 Å². The van der Waals surface area contributed by atoms with Gasteiger partial charge in [-0.1, -0.05) is 60.7 Å². The predicted molar refractivity (Wildman–Crippen MR) is 120 cm³/mol. The van der Waals surface area contributed by atoms with E-state index in [0.29, 0.717) is 6.04 Å². The summed E-state index contributed by atoms with van der Waals surface area (Å²) in [4.78, 5) is 18.5. The number of carbonyl (C=O) groups excluding carboxylic acids is 1. The summed E-state index contributed by atoms with van der Waals surface area (Å²) in [5.74, 6) is 1.50. The van der Waals surface area contributed by atoms with Crippen molar-refractivity contribution in [2.75, 3.05) is 19.6 Å². The molecule has 6 rings (SSSR count). The highest BCUT2D eigenvalue weighted by Gasteiger charge is 2.39. The van der Waals surface area contributed by atoms with Gasteiger partial charge in [0.2, 0.25) is 5.91 Å². The maximum Gasteiger partial charge on any atom is 0.234 e. The minimum atomic E-state index is -0.290. The van der Waals surface area contributed by atoms with Crippen molar-refractivity contribution < 1.29 is 9.53 Å². The third-order valence-corrected chi connectivity index (χ3v) is 7.08. The van der Waals surface area contributed by atoms with Gasteiger partial charge in [-0.15, -0.1) is 0 Å². The number of nitrogens with zero attached hydrogens (tertiary/aromatic N) is 2. The van der Waals surface area contributed by atoms with Crippen molar-refractivity contribution >= 4 is 5.91 Å². The van der Waals surface area contributed by atoms with Crippen LogP contribution >= 0.6 is 0 Å². The number of carbonyl (C=O) groups is 1. The van der Waals surface area contributed by atoms with Gasteiger partial charge in [-0.25, -0.2) is 0 Å². The average molecular weight is 411 g/mol. The first-order valence-corrected chi connectivity index (χ1v) is 11.2. The molecule has 3 heterocycles. The molecule has 1 amide bonds. The minimum absolute atomic E-state index is 0.197. The summed E-state index contributed by atoms with van der Waals surface area (Å²) < 4.78 is 6.09. The lowest BCUT2D eigenvalue weighted by molar-refractivity contribution is -0.131. The van der Waals surface area contributed by atoms with E-state index in [1.54, 1.807) is 0 Å². The summed E-state index contributed by atoms with van der Waals surface area (Å²) in [6.45, 7) is 3.70. The highest BCUT2D eigenvalue weighted by Crippen LogP contribution is 2.45. The van der Waals surface area contributed by atoms with Crippen LogP contribution in [0.5, 0.6) is 11.5 Å². The van der Waals surface area contributed by atoms with Gasteiger partial charge in [0, 0.05) is 43.3 Å². The van der Waals surface area contributed by atoms with Gasteiger partial charge in [0.1, 0.15) is 11.5 Å². The molecule has 156 valence electrons. The average Bonchev–Trinajstić information content (AvgIpc) is 3.32. The van der Waals surface area contributed by atoms with Crippen LogP contribution in [0, 0.1) is 0 Å². The Hall–Kier alpha value is -3.11. The van der Waals surface area contributed by atoms with Crippen LogP contribution in [0.2, 0.25) is 0 Å². The van der Waals surface area contributed by atoms with Crippen molar-refractivity contribution in [2.45, 2.75) is 31.3 Å². The molecule has 0 spiro atoms. The largest absolute Gasteiger partial charge is 0.457 e. The topological polar surface area (TPSA) is 32.8 Å². The van der Waals surface area contributed by atoms with Crippen LogP contribution in [0.3, 0.4) is 0 Å². The number of hydrogen-bond donors (Lipinski definition) is 0. The third kappa shape index (κ3) is 3.22. The van der Waals surface area contributed by atoms with E-state index in [9.17, 15) is 4.79 Å². The Kier molecular flexibility index (Phi) is 4.53. The molecule has 0 saturated carbocycles. The number of fused-ring (bicyclic) bond motifs is 3. The Balaban J connectivity index is 1.24. The van der Waals surface area contributed by atoms with Crippen molar-refractivity contribution in [3.8, 4) is 11.5 Å². The Morgan fingerprint density at radius 1 is 0.806 bits per heavy atom. The van der Waals surface area contributed by atoms with Crippen molar-refractivity contribution in [3.05, 3.63) is 95.1 Å². The maximum atomic E-state index is 13.8. The SMILES string of the molecule is O=C(C1c2ccccc2Oc2ccccc21)N1CCC(N2CCc3ccccc3C2)C1. The van der Waals surface area contributed by atoms with Crippen molar-refractivity contribution in [1.82, 2.24) is 9.80 Å². The summed E-state index contributed by atoms with van der Waals surface area (Å²) in [6.07, 6.45) is 2.14. The molecule has 1 saturated heterocycles. The standard InChI is InChI=1S/C27H26N2O2/c30-27(26-22-9-3-5-11-24(22)31-25-12-6-4-10-23(25)26)29-16-14-21(18-29)28-15-13-19-7-1-2-8-20(19)17-28/h1-12,21,26H,13-18H2. The van der Waals surface area contributed by atoms with E-state index >= 15 is 0 Å². The van der Waals surface area contributed by atoms with E-state index in [-0.39, 0.29) is 11.8 Å². The van der Waals surface area contributed by atoms with E-state index in [0.717, 1.165) is 61.6 Å². The molecular formula is C27H26N2O2. The molecule has 4 heteroatoms. The quantitative estimate of drug-likeness (QED) is 0.620. The normalized spacial score (nSPS) is 20.5. The highest BCUT2D eigenvalue weighted by molar-refractivity contribution is 5.90. The smallest absolute Gasteiger partial charge is 0.234 e. The van der Waals surface area contributed by atoms with Crippen molar-refractivity contribution in [3.63, 3.8) is 0 Å². The van der Waals surface area contributed by atoms with Crippen LogP contribution in [0.15, 0.2) is 72.8 Å². The first-order valence-electron chi connectivity index (χ1n) is 11.2. The number of amides is 1. The fourth-order valence-electron chi connectivity index (χ4n) is 5.43. The first-order chi connectivity index (χ1) is 15.3. The van der Waals surface area contributed by atoms with Crippen LogP contribution in [0.4, 0.5) is 0 Å². The van der Waals surface area contributed by atoms with E-state index in [2.05, 4.69) is 34.1 Å². The predicted octanol–water partition coefficient (Wildman–Crippen LogP) is 4.58. The summed E-state index contributed by atoms with van der Waals surface area (Å²) in [6, 6.07) is 25.1. The van der Waals surface area contributed by atoms with Gasteiger partial charge in [-0.05, 0) is 36.1 Å². The Bertz CT molecular complexity index is 1100. The fraction of sp³-hybridized carbons (Fsp3) is 0.296. The second-order valence-corrected chi connectivity index (χ2v) is 8.83. The van der Waals surface area contributed by atoms with E-state index < -0.39 is 0 Å². The van der Waals surface area contributed by atoms with Crippen LogP contribution in [0.25, 0.3) is 0 Å². The molecule has 0 aromatic heterocycles. The molecule has 3 aliphatic rings. The summed E-state index contributed by atoms with van der Waals surface area (Å²) in [5, 5.41) is 0. The number of para-hydroxylation sites is 2. The number of rotatable bonds is 2. The summed E-state index contributed by atoms with van der Waals surface area (Å²) >= 11 is 0. The molecule has 1 atom stereocenters. The second kappa shape index (κ2) is 7.54. The van der Waals surface area contributed by atoms with Crippen LogP contribution < -0.4 is 4.74 Å². The third-order valence-electron chi connectivity index (χ3n) is 7.08. The molecule has 3 aromatic rings. The van der Waals surface area contributed by atoms with Gasteiger partial charge >= 0.3 is 0 Å². The lowest BCUT2D eigenvalue weighted by Gasteiger charge is -2.34. The van der Waals surface area contributed by atoms with Gasteiger partial charge in [0.15, 0.2) is 0 Å². The lowest BCUT2D eigenvalue weighted by Crippen LogP contribution is -2.42. The molecule has 0 radical (unpaired) electrons. The van der Waals surface area contributed by atoms with Gasteiger partial charge in [0.25, 0.3) is 0 Å². The fourth-order valence-corrected chi connectivity index (χ4v) is 5.43. The van der Waals surface area contributed by atoms with Gasteiger partial charge < -0.3 is 9.64 Å². The molecule has 3 aliphatic heterocycles. The van der Waals surface area contributed by atoms with Crippen molar-refractivity contribution in [1.29, 1.82) is 0 Å². The molecule has 1 fully saturated rings. The number of benzene rings is 3. The molecular weight excluding hydrogens is 384 g/mol. The van der Waals surface area contributed by atoms with Crippen LogP contribution in [-0.2, 0) is 17.8 Å². The van der Waals surface area contributed by atoms with E-state index in [1.807, 2.05) is 48.5 Å². The molecule has 3 aromatic carbocycles. The zero-order valence-electron chi connectivity index (χ0n) is 17.5. The lowest BCUT2D eigenvalue weighted by atomic mass is 9.87. The van der Waals surface area contributed by atoms with E-state index in [4.69, 9.17) is 4.74 Å². The van der Waals surface area contributed by atoms with Crippen LogP contribution in [0.1, 0.15) is 34.6 Å². The first kappa shape index (κ1) is 18.6. The zero-order chi connectivity index (χ0) is 20.8. The Morgan fingerprint density at radius 3 is 2.19 bits per heavy atom. The highest BCUT2D eigenvalue weighted by atomic mass is 16.5. The van der Waals surface area contributed by atoms with Crippen molar-refractivity contribution in [2.24, 2.45) is 0 Å².